The van der Waals surface area contributed by atoms with E-state index in [0.717, 1.165) is 29.7 Å². The number of pyridine rings is 1. The van der Waals surface area contributed by atoms with E-state index in [4.69, 9.17) is 0 Å². The first-order valence-corrected chi connectivity index (χ1v) is 5.14. The van der Waals surface area contributed by atoms with Crippen molar-refractivity contribution in [3.8, 4) is 0 Å². The number of rotatable bonds is 2. The van der Waals surface area contributed by atoms with Gasteiger partial charge in [0.15, 0.2) is 0 Å². The highest BCUT2D eigenvalue weighted by Crippen LogP contribution is 2.54. The first-order valence-electron chi connectivity index (χ1n) is 5.14. The van der Waals surface area contributed by atoms with Crippen LogP contribution in [0.15, 0.2) is 12.3 Å². The molecular formula is C12H17NO. The Morgan fingerprint density at radius 2 is 2.07 bits per heavy atom. The quantitative estimate of drug-likeness (QED) is 0.779. The Kier molecular flexibility index (Phi) is 2.11. The SMILES string of the molecule is Cc1cc(C(O)C2(C)CC2)cnc1C. The molecule has 0 aliphatic heterocycles. The van der Waals surface area contributed by atoms with E-state index in [1.165, 1.54) is 0 Å². The number of hydrogen-bond donors (Lipinski definition) is 1. The van der Waals surface area contributed by atoms with Gasteiger partial charge in [-0.25, -0.2) is 0 Å². The Labute approximate surface area is 85.0 Å². The molecular weight excluding hydrogens is 174 g/mol. The Morgan fingerprint density at radius 1 is 1.43 bits per heavy atom. The summed E-state index contributed by atoms with van der Waals surface area (Å²) in [4.78, 5) is 4.28. The van der Waals surface area contributed by atoms with Gasteiger partial charge in [-0.3, -0.25) is 4.98 Å². The van der Waals surface area contributed by atoms with Gasteiger partial charge < -0.3 is 5.11 Å². The highest BCUT2D eigenvalue weighted by molar-refractivity contribution is 5.26. The van der Waals surface area contributed by atoms with Crippen molar-refractivity contribution >= 4 is 0 Å². The number of nitrogens with zero attached hydrogens (tertiary/aromatic N) is 1. The summed E-state index contributed by atoms with van der Waals surface area (Å²) in [6.07, 6.45) is 3.72. The minimum absolute atomic E-state index is 0.114. The molecule has 1 aliphatic carbocycles. The lowest BCUT2D eigenvalue weighted by Gasteiger charge is -2.18. The van der Waals surface area contributed by atoms with E-state index in [1.54, 1.807) is 6.20 Å². The van der Waals surface area contributed by atoms with Crippen molar-refractivity contribution in [1.82, 2.24) is 4.98 Å². The van der Waals surface area contributed by atoms with Crippen molar-refractivity contribution in [2.45, 2.75) is 39.7 Å². The second kappa shape index (κ2) is 3.06. The van der Waals surface area contributed by atoms with Gasteiger partial charge in [-0.2, -0.15) is 0 Å². The molecule has 0 spiro atoms. The number of aryl methyl sites for hydroxylation is 2. The molecule has 2 nitrogen and oxygen atoms in total. The lowest BCUT2D eigenvalue weighted by Crippen LogP contribution is -2.10. The highest BCUT2D eigenvalue weighted by atomic mass is 16.3. The van der Waals surface area contributed by atoms with E-state index >= 15 is 0 Å². The van der Waals surface area contributed by atoms with Gasteiger partial charge in [-0.1, -0.05) is 13.0 Å². The van der Waals surface area contributed by atoms with E-state index in [0.29, 0.717) is 0 Å². The third-order valence-corrected chi connectivity index (χ3v) is 3.38. The highest BCUT2D eigenvalue weighted by Gasteiger charge is 2.44. The van der Waals surface area contributed by atoms with E-state index in [9.17, 15) is 5.11 Å². The van der Waals surface area contributed by atoms with E-state index < -0.39 is 0 Å². The lowest BCUT2D eigenvalue weighted by atomic mass is 9.95. The normalized spacial score (nSPS) is 20.6. The van der Waals surface area contributed by atoms with Crippen LogP contribution in [0.5, 0.6) is 0 Å². The van der Waals surface area contributed by atoms with Crippen molar-refractivity contribution in [2.75, 3.05) is 0 Å². The fraction of sp³-hybridized carbons (Fsp3) is 0.583. The second-order valence-corrected chi connectivity index (χ2v) is 4.73. The van der Waals surface area contributed by atoms with Crippen molar-refractivity contribution in [3.63, 3.8) is 0 Å². The zero-order chi connectivity index (χ0) is 10.3. The van der Waals surface area contributed by atoms with Gasteiger partial charge in [0.25, 0.3) is 0 Å². The molecule has 76 valence electrons. The molecule has 0 bridgehead atoms. The van der Waals surface area contributed by atoms with Gasteiger partial charge in [0.1, 0.15) is 0 Å². The summed E-state index contributed by atoms with van der Waals surface area (Å²) in [6, 6.07) is 2.05. The number of aliphatic hydroxyl groups is 1. The van der Waals surface area contributed by atoms with Crippen LogP contribution >= 0.6 is 0 Å². The predicted octanol–water partition coefficient (Wildman–Crippen LogP) is 2.53. The molecule has 2 heteroatoms. The van der Waals surface area contributed by atoms with E-state index in [2.05, 4.69) is 18.0 Å². The minimum Gasteiger partial charge on any atom is -0.388 e. The van der Waals surface area contributed by atoms with Crippen LogP contribution in [0.25, 0.3) is 0 Å². The van der Waals surface area contributed by atoms with Gasteiger partial charge in [-0.15, -0.1) is 0 Å². The molecule has 1 aromatic rings. The fourth-order valence-corrected chi connectivity index (χ4v) is 1.69. The molecule has 0 aromatic carbocycles. The lowest BCUT2D eigenvalue weighted by molar-refractivity contribution is 0.103. The van der Waals surface area contributed by atoms with Crippen LogP contribution in [-0.4, -0.2) is 10.1 Å². The topological polar surface area (TPSA) is 33.1 Å². The molecule has 1 saturated carbocycles. The molecule has 0 saturated heterocycles. The molecule has 0 radical (unpaired) electrons. The summed E-state index contributed by atoms with van der Waals surface area (Å²) in [5, 5.41) is 10.1. The smallest absolute Gasteiger partial charge is 0.0858 e. The molecule has 14 heavy (non-hydrogen) atoms. The molecule has 1 aliphatic rings. The standard InChI is InChI=1S/C12H17NO/c1-8-6-10(7-13-9(8)2)11(14)12(3)4-5-12/h6-7,11,14H,4-5H2,1-3H3. The average Bonchev–Trinajstić information content (AvgIpc) is 2.89. The minimum atomic E-state index is -0.339. The largest absolute Gasteiger partial charge is 0.388 e. The van der Waals surface area contributed by atoms with Gasteiger partial charge >= 0.3 is 0 Å². The molecule has 2 rings (SSSR count). The van der Waals surface area contributed by atoms with Gasteiger partial charge in [0.05, 0.1) is 6.10 Å². The number of aliphatic hydroxyl groups excluding tert-OH is 1. The number of aromatic nitrogens is 1. The zero-order valence-electron chi connectivity index (χ0n) is 9.04. The summed E-state index contributed by atoms with van der Waals surface area (Å²) < 4.78 is 0. The van der Waals surface area contributed by atoms with Crippen molar-refractivity contribution in [3.05, 3.63) is 29.1 Å². The molecule has 1 atom stereocenters. The number of hydrogen-bond acceptors (Lipinski definition) is 2. The maximum absolute atomic E-state index is 10.1. The van der Waals surface area contributed by atoms with Crippen LogP contribution in [-0.2, 0) is 0 Å². The van der Waals surface area contributed by atoms with Crippen LogP contribution < -0.4 is 0 Å². The van der Waals surface area contributed by atoms with E-state index in [-0.39, 0.29) is 11.5 Å². The van der Waals surface area contributed by atoms with Crippen LogP contribution in [0.2, 0.25) is 0 Å². The Balaban J connectivity index is 2.28. The first-order chi connectivity index (χ1) is 6.53. The van der Waals surface area contributed by atoms with Crippen molar-refractivity contribution in [1.29, 1.82) is 0 Å². The molecule has 1 aromatic heterocycles. The van der Waals surface area contributed by atoms with Crippen LogP contribution in [0.3, 0.4) is 0 Å². The van der Waals surface area contributed by atoms with Gasteiger partial charge in [0, 0.05) is 11.9 Å². The summed E-state index contributed by atoms with van der Waals surface area (Å²) in [5.74, 6) is 0. The maximum atomic E-state index is 10.1. The van der Waals surface area contributed by atoms with Gasteiger partial charge in [-0.05, 0) is 43.2 Å². The fourth-order valence-electron chi connectivity index (χ4n) is 1.69. The summed E-state index contributed by atoms with van der Waals surface area (Å²) in [7, 11) is 0. The third-order valence-electron chi connectivity index (χ3n) is 3.38. The molecule has 0 amide bonds. The second-order valence-electron chi connectivity index (χ2n) is 4.73. The maximum Gasteiger partial charge on any atom is 0.0858 e. The van der Waals surface area contributed by atoms with E-state index in [1.807, 2.05) is 13.8 Å². The van der Waals surface area contributed by atoms with Crippen molar-refractivity contribution < 1.29 is 5.11 Å². The molecule has 1 fully saturated rings. The first kappa shape index (κ1) is 9.66. The van der Waals surface area contributed by atoms with Crippen molar-refractivity contribution in [2.24, 2.45) is 5.41 Å². The third kappa shape index (κ3) is 1.55. The Hall–Kier alpha value is -0.890. The summed E-state index contributed by atoms with van der Waals surface area (Å²) in [6.45, 7) is 6.16. The van der Waals surface area contributed by atoms with Crippen LogP contribution in [0.1, 0.15) is 42.7 Å². The molecule has 1 heterocycles. The Bertz CT molecular complexity index is 355. The Morgan fingerprint density at radius 3 is 2.57 bits per heavy atom. The zero-order valence-corrected chi connectivity index (χ0v) is 9.04. The summed E-state index contributed by atoms with van der Waals surface area (Å²) >= 11 is 0. The molecule has 1 unspecified atom stereocenters. The van der Waals surface area contributed by atoms with Crippen LogP contribution in [0, 0.1) is 19.3 Å². The van der Waals surface area contributed by atoms with Gasteiger partial charge in [0.2, 0.25) is 0 Å². The monoisotopic (exact) mass is 191 g/mol. The molecule has 1 N–H and O–H groups in total. The van der Waals surface area contributed by atoms with Crippen LogP contribution in [0.4, 0.5) is 0 Å². The predicted molar refractivity (Wildman–Crippen MR) is 56.0 cm³/mol. The average molecular weight is 191 g/mol. The summed E-state index contributed by atoms with van der Waals surface area (Å²) in [5.41, 5.74) is 3.28.